The van der Waals surface area contributed by atoms with E-state index >= 15 is 0 Å². The van der Waals surface area contributed by atoms with E-state index in [0.29, 0.717) is 0 Å². The predicted octanol–water partition coefficient (Wildman–Crippen LogP) is 2.59. The van der Waals surface area contributed by atoms with Gasteiger partial charge < -0.3 is 10.2 Å². The highest BCUT2D eigenvalue weighted by molar-refractivity contribution is 5.06. The average molecular weight is 181 g/mol. The molecule has 0 aliphatic heterocycles. The molecule has 1 atom stereocenters. The molecule has 0 bridgehead atoms. The Balaban J connectivity index is 2.22. The molecule has 1 unspecified atom stereocenters. The van der Waals surface area contributed by atoms with E-state index in [9.17, 15) is 0 Å². The molecule has 1 aromatic heterocycles. The summed E-state index contributed by atoms with van der Waals surface area (Å²) in [6.45, 7) is 4.45. The normalized spacial score (nSPS) is 13.5. The Morgan fingerprint density at radius 2 is 2.15 bits per heavy atom. The highest BCUT2D eigenvalue weighted by Gasteiger charge is 2.05. The highest BCUT2D eigenvalue weighted by Crippen LogP contribution is 2.10. The molecule has 1 rings (SSSR count). The fourth-order valence-electron chi connectivity index (χ4n) is 1.36. The maximum absolute atomic E-state index is 5.97. The van der Waals surface area contributed by atoms with Gasteiger partial charge in [-0.15, -0.1) is 0 Å². The predicted molar refractivity (Wildman–Crippen MR) is 54.5 cm³/mol. The fourth-order valence-corrected chi connectivity index (χ4v) is 1.36. The molecule has 2 heteroatoms. The number of nitrogens with two attached hydrogens (primary N) is 1. The summed E-state index contributed by atoms with van der Waals surface area (Å²) in [5, 5.41) is 0. The zero-order valence-corrected chi connectivity index (χ0v) is 8.49. The van der Waals surface area contributed by atoms with Crippen LogP contribution in [0.5, 0.6) is 0 Å². The van der Waals surface area contributed by atoms with Gasteiger partial charge in [-0.1, -0.05) is 13.8 Å². The molecule has 0 amide bonds. The quantitative estimate of drug-likeness (QED) is 0.758. The summed E-state index contributed by atoms with van der Waals surface area (Å²) in [6.07, 6.45) is 6.71. The van der Waals surface area contributed by atoms with Crippen LogP contribution >= 0.6 is 0 Å². The van der Waals surface area contributed by atoms with Crippen molar-refractivity contribution >= 4 is 0 Å². The van der Waals surface area contributed by atoms with Gasteiger partial charge in [0.05, 0.1) is 12.5 Å². The SMILES string of the molecule is CC(C)CCC(N)Cc1ccoc1. The van der Waals surface area contributed by atoms with Gasteiger partial charge in [-0.3, -0.25) is 0 Å². The van der Waals surface area contributed by atoms with Gasteiger partial charge in [0.1, 0.15) is 0 Å². The van der Waals surface area contributed by atoms with E-state index in [4.69, 9.17) is 10.2 Å². The molecule has 2 N–H and O–H groups in total. The van der Waals surface area contributed by atoms with E-state index in [-0.39, 0.29) is 6.04 Å². The Morgan fingerprint density at radius 3 is 2.69 bits per heavy atom. The molecular formula is C11H19NO. The van der Waals surface area contributed by atoms with Gasteiger partial charge in [-0.25, -0.2) is 0 Å². The summed E-state index contributed by atoms with van der Waals surface area (Å²) in [6, 6.07) is 2.26. The van der Waals surface area contributed by atoms with E-state index in [1.807, 2.05) is 6.07 Å². The molecule has 0 aromatic carbocycles. The summed E-state index contributed by atoms with van der Waals surface area (Å²) in [5.74, 6) is 0.746. The molecular weight excluding hydrogens is 162 g/mol. The van der Waals surface area contributed by atoms with E-state index in [1.165, 1.54) is 12.0 Å². The van der Waals surface area contributed by atoms with Crippen LogP contribution in [0.1, 0.15) is 32.3 Å². The van der Waals surface area contributed by atoms with Crippen molar-refractivity contribution in [3.05, 3.63) is 24.2 Å². The molecule has 0 aliphatic carbocycles. The molecule has 0 saturated carbocycles. The average Bonchev–Trinajstić information content (AvgIpc) is 2.53. The van der Waals surface area contributed by atoms with Gasteiger partial charge in [-0.2, -0.15) is 0 Å². The van der Waals surface area contributed by atoms with Crippen molar-refractivity contribution in [2.75, 3.05) is 0 Å². The molecule has 0 aliphatic rings. The molecule has 74 valence electrons. The molecule has 2 nitrogen and oxygen atoms in total. The van der Waals surface area contributed by atoms with E-state index < -0.39 is 0 Å². The molecule has 0 spiro atoms. The minimum absolute atomic E-state index is 0.278. The number of hydrogen-bond acceptors (Lipinski definition) is 2. The van der Waals surface area contributed by atoms with E-state index in [0.717, 1.165) is 18.8 Å². The largest absolute Gasteiger partial charge is 0.472 e. The molecule has 1 aromatic rings. The third kappa shape index (κ3) is 4.13. The first-order valence-electron chi connectivity index (χ1n) is 4.95. The standard InChI is InChI=1S/C11H19NO/c1-9(2)3-4-11(12)7-10-5-6-13-8-10/h5-6,8-9,11H,3-4,7,12H2,1-2H3. The molecule has 1 heterocycles. The maximum Gasteiger partial charge on any atom is 0.0935 e. The second kappa shape index (κ2) is 5.07. The van der Waals surface area contributed by atoms with Crippen LogP contribution in [0.4, 0.5) is 0 Å². The number of furan rings is 1. The first-order valence-corrected chi connectivity index (χ1v) is 4.95. The van der Waals surface area contributed by atoms with Gasteiger partial charge in [0.2, 0.25) is 0 Å². The smallest absolute Gasteiger partial charge is 0.0935 e. The summed E-state index contributed by atoms with van der Waals surface area (Å²) < 4.78 is 4.99. The van der Waals surface area contributed by atoms with Crippen molar-refractivity contribution in [1.29, 1.82) is 0 Å². The van der Waals surface area contributed by atoms with E-state index in [1.54, 1.807) is 12.5 Å². The topological polar surface area (TPSA) is 39.2 Å². The Bertz CT molecular complexity index is 216. The lowest BCUT2D eigenvalue weighted by molar-refractivity contribution is 0.492. The minimum atomic E-state index is 0.278. The van der Waals surface area contributed by atoms with Gasteiger partial charge in [0.25, 0.3) is 0 Å². The van der Waals surface area contributed by atoms with Crippen LogP contribution in [-0.4, -0.2) is 6.04 Å². The van der Waals surface area contributed by atoms with Gasteiger partial charge in [-0.05, 0) is 36.8 Å². The maximum atomic E-state index is 5.97. The lowest BCUT2D eigenvalue weighted by atomic mass is 10.00. The summed E-state index contributed by atoms with van der Waals surface area (Å²) in [7, 11) is 0. The number of rotatable bonds is 5. The van der Waals surface area contributed by atoms with Gasteiger partial charge >= 0.3 is 0 Å². The third-order valence-corrected chi connectivity index (χ3v) is 2.19. The van der Waals surface area contributed by atoms with Crippen LogP contribution in [0.2, 0.25) is 0 Å². The Morgan fingerprint density at radius 1 is 1.38 bits per heavy atom. The lowest BCUT2D eigenvalue weighted by Crippen LogP contribution is -2.22. The van der Waals surface area contributed by atoms with Crippen LogP contribution < -0.4 is 5.73 Å². The van der Waals surface area contributed by atoms with Crippen LogP contribution in [0, 0.1) is 5.92 Å². The van der Waals surface area contributed by atoms with Crippen LogP contribution in [0.15, 0.2) is 23.0 Å². The minimum Gasteiger partial charge on any atom is -0.472 e. The first-order chi connectivity index (χ1) is 6.18. The highest BCUT2D eigenvalue weighted by atomic mass is 16.3. The second-order valence-corrected chi connectivity index (χ2v) is 4.07. The molecule has 0 radical (unpaired) electrons. The van der Waals surface area contributed by atoms with Gasteiger partial charge in [0, 0.05) is 6.04 Å². The van der Waals surface area contributed by atoms with Crippen molar-refractivity contribution in [2.24, 2.45) is 11.7 Å². The Hall–Kier alpha value is -0.760. The Kier molecular flexibility index (Phi) is 4.03. The summed E-state index contributed by atoms with van der Waals surface area (Å²) in [5.41, 5.74) is 7.18. The molecule has 13 heavy (non-hydrogen) atoms. The second-order valence-electron chi connectivity index (χ2n) is 4.07. The third-order valence-electron chi connectivity index (χ3n) is 2.19. The zero-order valence-electron chi connectivity index (χ0n) is 8.49. The summed E-state index contributed by atoms with van der Waals surface area (Å²) in [4.78, 5) is 0. The van der Waals surface area contributed by atoms with Crippen molar-refractivity contribution in [2.45, 2.75) is 39.2 Å². The van der Waals surface area contributed by atoms with Crippen LogP contribution in [0.25, 0.3) is 0 Å². The number of hydrogen-bond donors (Lipinski definition) is 1. The Labute approximate surface area is 80.1 Å². The van der Waals surface area contributed by atoms with Crippen molar-refractivity contribution < 1.29 is 4.42 Å². The van der Waals surface area contributed by atoms with Crippen molar-refractivity contribution in [3.63, 3.8) is 0 Å². The molecule has 0 saturated heterocycles. The molecule has 0 fully saturated rings. The monoisotopic (exact) mass is 181 g/mol. The van der Waals surface area contributed by atoms with Crippen LogP contribution in [0.3, 0.4) is 0 Å². The van der Waals surface area contributed by atoms with Crippen molar-refractivity contribution in [1.82, 2.24) is 0 Å². The van der Waals surface area contributed by atoms with Crippen LogP contribution in [-0.2, 0) is 6.42 Å². The van der Waals surface area contributed by atoms with Crippen molar-refractivity contribution in [3.8, 4) is 0 Å². The first kappa shape index (κ1) is 10.3. The fraction of sp³-hybridized carbons (Fsp3) is 0.636. The zero-order chi connectivity index (χ0) is 9.68. The summed E-state index contributed by atoms with van der Waals surface area (Å²) >= 11 is 0. The lowest BCUT2D eigenvalue weighted by Gasteiger charge is -2.11. The van der Waals surface area contributed by atoms with Gasteiger partial charge in [0.15, 0.2) is 0 Å². The van der Waals surface area contributed by atoms with E-state index in [2.05, 4.69) is 13.8 Å².